The maximum atomic E-state index is 11.1. The summed E-state index contributed by atoms with van der Waals surface area (Å²) < 4.78 is 0. The number of unbranched alkanes of at least 4 members (excludes halogenated alkanes) is 12. The first-order valence-electron chi connectivity index (χ1n) is 10.5. The monoisotopic (exact) mass is 336 g/mol. The molecule has 2 N–H and O–H groups in total. The lowest BCUT2D eigenvalue weighted by atomic mass is 9.97. The predicted octanol–water partition coefficient (Wildman–Crippen LogP) is 6.74. The highest BCUT2D eigenvalue weighted by Crippen LogP contribution is 2.15. The van der Waals surface area contributed by atoms with Crippen LogP contribution in [0.5, 0.6) is 0 Å². The summed E-state index contributed by atoms with van der Waals surface area (Å²) in [6.07, 6.45) is 24.7. The van der Waals surface area contributed by atoms with Gasteiger partial charge in [-0.15, -0.1) is 0 Å². The zero-order valence-corrected chi connectivity index (χ0v) is 16.2. The van der Waals surface area contributed by atoms with E-state index < -0.39 is 0 Å². The predicted molar refractivity (Wildman–Crippen MR) is 107 cm³/mol. The van der Waals surface area contributed by atoms with Gasteiger partial charge in [-0.25, -0.2) is 0 Å². The summed E-state index contributed by atoms with van der Waals surface area (Å²) in [5, 5.41) is 0. The van der Waals surface area contributed by atoms with E-state index in [0.29, 0.717) is 6.42 Å². The SMILES string of the molecule is [CH2]CC(CCCCCCCC/C=C\CCCCCCCC)C(N)=O. The van der Waals surface area contributed by atoms with E-state index in [2.05, 4.69) is 26.0 Å². The quantitative estimate of drug-likeness (QED) is 0.218. The van der Waals surface area contributed by atoms with Crippen molar-refractivity contribution < 1.29 is 4.79 Å². The molecule has 0 aliphatic rings. The van der Waals surface area contributed by atoms with E-state index in [1.54, 1.807) is 0 Å². The highest BCUT2D eigenvalue weighted by molar-refractivity contribution is 5.76. The van der Waals surface area contributed by atoms with Crippen molar-refractivity contribution in [2.45, 2.75) is 110 Å². The van der Waals surface area contributed by atoms with Crippen LogP contribution in [0.15, 0.2) is 12.2 Å². The molecular formula is C22H42NO. The fourth-order valence-electron chi connectivity index (χ4n) is 3.07. The molecule has 0 spiro atoms. The van der Waals surface area contributed by atoms with Crippen LogP contribution in [-0.2, 0) is 4.79 Å². The average molecular weight is 337 g/mol. The molecule has 0 aromatic heterocycles. The Morgan fingerprint density at radius 3 is 1.75 bits per heavy atom. The van der Waals surface area contributed by atoms with E-state index >= 15 is 0 Å². The molecule has 0 fully saturated rings. The Labute approximate surface area is 151 Å². The summed E-state index contributed by atoms with van der Waals surface area (Å²) in [6.45, 7) is 6.06. The number of carbonyl (C=O) groups excluding carboxylic acids is 1. The van der Waals surface area contributed by atoms with Gasteiger partial charge >= 0.3 is 0 Å². The highest BCUT2D eigenvalue weighted by Gasteiger charge is 2.11. The van der Waals surface area contributed by atoms with Gasteiger partial charge in [0.05, 0.1) is 0 Å². The molecule has 1 radical (unpaired) electrons. The lowest BCUT2D eigenvalue weighted by Crippen LogP contribution is -2.22. The van der Waals surface area contributed by atoms with Gasteiger partial charge in [-0.05, 0) is 38.5 Å². The molecule has 1 unspecified atom stereocenters. The van der Waals surface area contributed by atoms with Gasteiger partial charge in [0.1, 0.15) is 0 Å². The zero-order chi connectivity index (χ0) is 17.9. The molecule has 0 saturated carbocycles. The van der Waals surface area contributed by atoms with E-state index in [1.807, 2.05) is 0 Å². The first-order valence-corrected chi connectivity index (χ1v) is 10.5. The Bertz CT molecular complexity index is 298. The molecular weight excluding hydrogens is 294 g/mol. The molecule has 0 aliphatic heterocycles. The van der Waals surface area contributed by atoms with Crippen LogP contribution in [-0.4, -0.2) is 5.91 Å². The average Bonchev–Trinajstić information content (AvgIpc) is 2.57. The minimum Gasteiger partial charge on any atom is -0.369 e. The summed E-state index contributed by atoms with van der Waals surface area (Å²) in [5.41, 5.74) is 5.33. The second kappa shape index (κ2) is 18.5. The number of hydrogen-bond acceptors (Lipinski definition) is 1. The minimum atomic E-state index is -0.183. The second-order valence-corrected chi connectivity index (χ2v) is 7.11. The van der Waals surface area contributed by atoms with Crippen molar-refractivity contribution in [2.24, 2.45) is 11.7 Å². The fraction of sp³-hybridized carbons (Fsp3) is 0.818. The van der Waals surface area contributed by atoms with Gasteiger partial charge in [0, 0.05) is 5.92 Å². The molecule has 0 aromatic rings. The van der Waals surface area contributed by atoms with Crippen molar-refractivity contribution in [1.29, 1.82) is 0 Å². The Hall–Kier alpha value is -0.790. The second-order valence-electron chi connectivity index (χ2n) is 7.11. The Morgan fingerprint density at radius 2 is 1.29 bits per heavy atom. The Balaban J connectivity index is 3.22. The van der Waals surface area contributed by atoms with Crippen LogP contribution in [0.25, 0.3) is 0 Å². The molecule has 0 bridgehead atoms. The zero-order valence-electron chi connectivity index (χ0n) is 16.2. The number of nitrogens with two attached hydrogens (primary N) is 1. The van der Waals surface area contributed by atoms with E-state index in [-0.39, 0.29) is 11.8 Å². The van der Waals surface area contributed by atoms with Gasteiger partial charge in [0.15, 0.2) is 0 Å². The van der Waals surface area contributed by atoms with Gasteiger partial charge in [-0.2, -0.15) is 0 Å². The molecule has 0 rings (SSSR count). The summed E-state index contributed by atoms with van der Waals surface area (Å²) in [6, 6.07) is 0. The van der Waals surface area contributed by atoms with Gasteiger partial charge in [-0.3, -0.25) is 4.79 Å². The van der Waals surface area contributed by atoms with Crippen molar-refractivity contribution in [3.8, 4) is 0 Å². The van der Waals surface area contributed by atoms with Crippen LogP contribution in [0.1, 0.15) is 110 Å². The van der Waals surface area contributed by atoms with Crippen LogP contribution >= 0.6 is 0 Å². The third kappa shape index (κ3) is 16.1. The topological polar surface area (TPSA) is 43.1 Å². The summed E-state index contributed by atoms with van der Waals surface area (Å²) in [7, 11) is 0. The lowest BCUT2D eigenvalue weighted by molar-refractivity contribution is -0.121. The van der Waals surface area contributed by atoms with E-state index in [4.69, 9.17) is 5.73 Å². The first kappa shape index (κ1) is 23.2. The third-order valence-electron chi connectivity index (χ3n) is 4.82. The van der Waals surface area contributed by atoms with Gasteiger partial charge in [0.2, 0.25) is 5.91 Å². The fourth-order valence-corrected chi connectivity index (χ4v) is 3.07. The smallest absolute Gasteiger partial charge is 0.220 e. The number of rotatable bonds is 18. The lowest BCUT2D eigenvalue weighted by Gasteiger charge is -2.09. The Kier molecular flexibility index (Phi) is 17.9. The summed E-state index contributed by atoms with van der Waals surface area (Å²) in [5.74, 6) is -0.195. The van der Waals surface area contributed by atoms with E-state index in [1.165, 1.54) is 83.5 Å². The van der Waals surface area contributed by atoms with Crippen LogP contribution in [0.2, 0.25) is 0 Å². The van der Waals surface area contributed by atoms with Crippen LogP contribution in [0.4, 0.5) is 0 Å². The molecule has 0 heterocycles. The summed E-state index contributed by atoms with van der Waals surface area (Å²) in [4.78, 5) is 11.1. The molecule has 141 valence electrons. The first-order chi connectivity index (χ1) is 11.7. The van der Waals surface area contributed by atoms with E-state index in [0.717, 1.165) is 12.8 Å². The third-order valence-corrected chi connectivity index (χ3v) is 4.82. The largest absolute Gasteiger partial charge is 0.369 e. The normalized spacial score (nSPS) is 12.8. The molecule has 0 aromatic carbocycles. The molecule has 0 aliphatic carbocycles. The minimum absolute atomic E-state index is 0.0122. The number of carbonyl (C=O) groups is 1. The number of primary amides is 1. The number of amides is 1. The van der Waals surface area contributed by atoms with Crippen LogP contribution < -0.4 is 5.73 Å². The molecule has 1 atom stereocenters. The molecule has 0 saturated heterocycles. The van der Waals surface area contributed by atoms with Crippen molar-refractivity contribution in [2.75, 3.05) is 0 Å². The number of hydrogen-bond donors (Lipinski definition) is 1. The van der Waals surface area contributed by atoms with E-state index in [9.17, 15) is 4.79 Å². The maximum Gasteiger partial charge on any atom is 0.220 e. The van der Waals surface area contributed by atoms with Crippen LogP contribution in [0.3, 0.4) is 0 Å². The molecule has 2 heteroatoms. The molecule has 2 nitrogen and oxygen atoms in total. The highest BCUT2D eigenvalue weighted by atomic mass is 16.1. The standard InChI is InChI=1S/C22H42NO/c1-3-5-6-7-8-9-10-11-12-13-14-15-16-17-18-19-20-21(4-2)22(23)24/h11-12,21H,2-10,13-20H2,1H3,(H2,23,24)/b12-11-. The van der Waals surface area contributed by atoms with Crippen LogP contribution in [0, 0.1) is 12.8 Å². The molecule has 24 heavy (non-hydrogen) atoms. The maximum absolute atomic E-state index is 11.1. The van der Waals surface area contributed by atoms with Crippen molar-refractivity contribution in [3.63, 3.8) is 0 Å². The van der Waals surface area contributed by atoms with Gasteiger partial charge in [0.25, 0.3) is 0 Å². The van der Waals surface area contributed by atoms with Gasteiger partial charge in [-0.1, -0.05) is 90.2 Å². The van der Waals surface area contributed by atoms with Crippen molar-refractivity contribution >= 4 is 5.91 Å². The van der Waals surface area contributed by atoms with Gasteiger partial charge < -0.3 is 5.73 Å². The summed E-state index contributed by atoms with van der Waals surface area (Å²) >= 11 is 0. The van der Waals surface area contributed by atoms with Crippen molar-refractivity contribution in [1.82, 2.24) is 0 Å². The van der Waals surface area contributed by atoms with Crippen molar-refractivity contribution in [3.05, 3.63) is 19.1 Å². The molecule has 1 amide bonds. The Morgan fingerprint density at radius 1 is 0.833 bits per heavy atom. The number of allylic oxidation sites excluding steroid dienone is 2.